The van der Waals surface area contributed by atoms with Crippen LogP contribution < -0.4 is 5.32 Å². The van der Waals surface area contributed by atoms with Crippen LogP contribution in [0.4, 0.5) is 11.5 Å². The maximum absolute atomic E-state index is 12.7. The Labute approximate surface area is 171 Å². The minimum atomic E-state index is 0.115. The number of hydrogen-bond donors (Lipinski definition) is 2. The van der Waals surface area contributed by atoms with Crippen molar-refractivity contribution >= 4 is 49.9 Å². The highest BCUT2D eigenvalue weighted by Crippen LogP contribution is 2.41. The van der Waals surface area contributed by atoms with Crippen molar-refractivity contribution in [2.75, 3.05) is 18.4 Å². The third kappa shape index (κ3) is 2.78. The van der Waals surface area contributed by atoms with Crippen molar-refractivity contribution in [3.05, 3.63) is 41.2 Å². The maximum atomic E-state index is 12.7. The predicted molar refractivity (Wildman–Crippen MR) is 114 cm³/mol. The Morgan fingerprint density at radius 2 is 2.21 bits per heavy atom. The van der Waals surface area contributed by atoms with Crippen LogP contribution in [0.5, 0.6) is 0 Å². The lowest BCUT2D eigenvalue weighted by molar-refractivity contribution is -0.139. The molecule has 1 amide bonds. The number of nitrogens with zero attached hydrogens (tertiary/aromatic N) is 4. The first-order valence-electron chi connectivity index (χ1n) is 10.0. The molecule has 0 bridgehead atoms. The van der Waals surface area contributed by atoms with Gasteiger partial charge < -0.3 is 10.2 Å². The van der Waals surface area contributed by atoms with E-state index in [4.69, 9.17) is 0 Å². The van der Waals surface area contributed by atoms with Gasteiger partial charge in [0.1, 0.15) is 17.0 Å². The molecule has 4 aromatic rings. The second-order valence-corrected chi connectivity index (χ2v) is 8.91. The van der Waals surface area contributed by atoms with Crippen LogP contribution in [0.15, 0.2) is 30.7 Å². The van der Waals surface area contributed by atoms with Crippen LogP contribution in [0.2, 0.25) is 0 Å². The number of fused-ring (bicyclic) bond motifs is 4. The molecule has 0 radical (unpaired) electrons. The Hall–Kier alpha value is -3.00. The molecular weight excluding hydrogens is 384 g/mol. The molecule has 4 heterocycles. The summed E-state index contributed by atoms with van der Waals surface area (Å²) in [7, 11) is 0. The van der Waals surface area contributed by atoms with E-state index in [1.807, 2.05) is 23.2 Å². The molecule has 1 saturated heterocycles. The van der Waals surface area contributed by atoms with Crippen LogP contribution in [0.1, 0.15) is 23.3 Å². The number of aryl methyl sites for hydroxylation is 1. The zero-order valence-corrected chi connectivity index (χ0v) is 16.6. The van der Waals surface area contributed by atoms with Crippen LogP contribution in [-0.4, -0.2) is 44.1 Å². The minimum Gasteiger partial charge on any atom is -0.342 e. The van der Waals surface area contributed by atoms with E-state index in [0.29, 0.717) is 5.91 Å². The zero-order chi connectivity index (χ0) is 19.4. The van der Waals surface area contributed by atoms with Gasteiger partial charge in [0.2, 0.25) is 5.91 Å². The SMILES string of the molecule is O=C([C@H]1CCc2c(sc3ncnc(Nc4ccc5[nH]ncc5c4)c23)C1)N1CCC1. The van der Waals surface area contributed by atoms with Crippen LogP contribution >= 0.6 is 11.3 Å². The van der Waals surface area contributed by atoms with Crippen molar-refractivity contribution in [2.45, 2.75) is 25.7 Å². The molecule has 3 aromatic heterocycles. The third-order valence-corrected chi connectivity index (χ3v) is 7.23. The van der Waals surface area contributed by atoms with Gasteiger partial charge in [0.25, 0.3) is 0 Å². The Kier molecular flexibility index (Phi) is 3.80. The largest absolute Gasteiger partial charge is 0.342 e. The fourth-order valence-electron chi connectivity index (χ4n) is 4.37. The van der Waals surface area contributed by atoms with Gasteiger partial charge in [-0.15, -0.1) is 11.3 Å². The van der Waals surface area contributed by atoms with Gasteiger partial charge in [-0.05, 0) is 49.4 Å². The molecule has 2 aliphatic rings. The summed E-state index contributed by atoms with van der Waals surface area (Å²) < 4.78 is 0. The molecule has 6 rings (SSSR count). The molecule has 7 nitrogen and oxygen atoms in total. The number of benzene rings is 1. The van der Waals surface area contributed by atoms with E-state index in [1.54, 1.807) is 17.7 Å². The van der Waals surface area contributed by atoms with Crippen molar-refractivity contribution in [3.8, 4) is 0 Å². The van der Waals surface area contributed by atoms with Crippen molar-refractivity contribution in [1.82, 2.24) is 25.1 Å². The average molecular weight is 404 g/mol. The lowest BCUT2D eigenvalue weighted by Gasteiger charge is -2.35. The summed E-state index contributed by atoms with van der Waals surface area (Å²) in [5.41, 5.74) is 3.29. The highest BCUT2D eigenvalue weighted by Gasteiger charge is 2.33. The molecule has 0 spiro atoms. The molecule has 0 unspecified atom stereocenters. The first kappa shape index (κ1) is 16.9. The number of likely N-dealkylation sites (tertiary alicyclic amines) is 1. The monoisotopic (exact) mass is 404 g/mol. The number of anilines is 2. The van der Waals surface area contributed by atoms with Gasteiger partial charge in [0.15, 0.2) is 0 Å². The summed E-state index contributed by atoms with van der Waals surface area (Å²) in [5, 5.41) is 12.7. The van der Waals surface area contributed by atoms with Crippen LogP contribution in [-0.2, 0) is 17.6 Å². The Morgan fingerprint density at radius 1 is 1.28 bits per heavy atom. The van der Waals surface area contributed by atoms with Gasteiger partial charge in [-0.25, -0.2) is 9.97 Å². The molecule has 1 fully saturated rings. The number of carbonyl (C=O) groups is 1. The van der Waals surface area contributed by atoms with Gasteiger partial charge in [-0.1, -0.05) is 0 Å². The summed E-state index contributed by atoms with van der Waals surface area (Å²) in [6.07, 6.45) is 7.21. The summed E-state index contributed by atoms with van der Waals surface area (Å²) in [4.78, 5) is 26.0. The second-order valence-electron chi connectivity index (χ2n) is 7.82. The third-order valence-electron chi connectivity index (χ3n) is 6.07. The molecule has 2 N–H and O–H groups in total. The van der Waals surface area contributed by atoms with Crippen molar-refractivity contribution in [2.24, 2.45) is 5.92 Å². The van der Waals surface area contributed by atoms with Crippen molar-refractivity contribution in [1.29, 1.82) is 0 Å². The Balaban J connectivity index is 1.34. The molecular formula is C21H20N6OS. The number of thiophene rings is 1. The average Bonchev–Trinajstić information content (AvgIpc) is 3.30. The van der Waals surface area contributed by atoms with Gasteiger partial charge in [0.05, 0.1) is 17.1 Å². The molecule has 1 aliphatic carbocycles. The van der Waals surface area contributed by atoms with E-state index in [0.717, 1.165) is 71.4 Å². The summed E-state index contributed by atoms with van der Waals surface area (Å²) in [5.74, 6) is 1.28. The number of hydrogen-bond acceptors (Lipinski definition) is 6. The van der Waals surface area contributed by atoms with E-state index in [9.17, 15) is 4.79 Å². The van der Waals surface area contributed by atoms with E-state index in [1.165, 1.54) is 10.4 Å². The quantitative estimate of drug-likeness (QED) is 0.544. The van der Waals surface area contributed by atoms with Gasteiger partial charge in [0, 0.05) is 35.0 Å². The Bertz CT molecular complexity index is 1240. The molecule has 1 atom stereocenters. The molecule has 1 aromatic carbocycles. The highest BCUT2D eigenvalue weighted by molar-refractivity contribution is 7.19. The standard InChI is InChI=1S/C21H20N6OS/c28-21(27-6-1-7-27)12-2-4-15-17(9-12)29-20-18(15)19(22-11-23-20)25-14-3-5-16-13(8-14)10-24-26-16/h3,5,8,10-12H,1-2,4,6-7,9H2,(H,24,26)(H,22,23,25)/t12-/m0/s1. The molecule has 29 heavy (non-hydrogen) atoms. The van der Waals surface area contributed by atoms with Crippen LogP contribution in [0.3, 0.4) is 0 Å². The number of amides is 1. The van der Waals surface area contributed by atoms with Crippen LogP contribution in [0.25, 0.3) is 21.1 Å². The van der Waals surface area contributed by atoms with Crippen LogP contribution in [0, 0.1) is 5.92 Å². The smallest absolute Gasteiger partial charge is 0.226 e. The number of carbonyl (C=O) groups excluding carboxylic acids is 1. The molecule has 8 heteroatoms. The number of H-pyrrole nitrogens is 1. The summed E-state index contributed by atoms with van der Waals surface area (Å²) in [6.45, 7) is 1.85. The number of nitrogens with one attached hydrogen (secondary N) is 2. The Morgan fingerprint density at radius 3 is 3.07 bits per heavy atom. The first-order valence-corrected chi connectivity index (χ1v) is 10.8. The van der Waals surface area contributed by atoms with Crippen molar-refractivity contribution < 1.29 is 4.79 Å². The number of aromatic nitrogens is 4. The van der Waals surface area contributed by atoms with Gasteiger partial charge in [-0.2, -0.15) is 5.10 Å². The topological polar surface area (TPSA) is 86.8 Å². The first-order chi connectivity index (χ1) is 14.3. The zero-order valence-electron chi connectivity index (χ0n) is 15.8. The molecule has 146 valence electrons. The van der Waals surface area contributed by atoms with E-state index < -0.39 is 0 Å². The lowest BCUT2D eigenvalue weighted by atomic mass is 9.86. The maximum Gasteiger partial charge on any atom is 0.226 e. The van der Waals surface area contributed by atoms with Gasteiger partial charge >= 0.3 is 0 Å². The van der Waals surface area contributed by atoms with E-state index in [2.05, 4.69) is 31.5 Å². The fraction of sp³-hybridized carbons (Fsp3) is 0.333. The lowest BCUT2D eigenvalue weighted by Crippen LogP contribution is -2.46. The van der Waals surface area contributed by atoms with Gasteiger partial charge in [-0.3, -0.25) is 9.89 Å². The second kappa shape index (κ2) is 6.52. The van der Waals surface area contributed by atoms with E-state index >= 15 is 0 Å². The minimum absolute atomic E-state index is 0.115. The molecule has 0 saturated carbocycles. The number of rotatable bonds is 3. The van der Waals surface area contributed by atoms with Crippen molar-refractivity contribution in [3.63, 3.8) is 0 Å². The molecule has 1 aliphatic heterocycles. The highest BCUT2D eigenvalue weighted by atomic mass is 32.1. The summed E-state index contributed by atoms with van der Waals surface area (Å²) >= 11 is 1.71. The normalized spacial score (nSPS) is 18.6. The number of aromatic amines is 1. The summed E-state index contributed by atoms with van der Waals surface area (Å²) in [6, 6.07) is 6.10. The predicted octanol–water partition coefficient (Wildman–Crippen LogP) is 3.65. The van der Waals surface area contributed by atoms with E-state index in [-0.39, 0.29) is 5.92 Å². The fourth-order valence-corrected chi connectivity index (χ4v) is 5.63.